The van der Waals surface area contributed by atoms with Gasteiger partial charge in [0, 0.05) is 4.47 Å². The van der Waals surface area contributed by atoms with Crippen LogP contribution in [0.1, 0.15) is 24.3 Å². The zero-order valence-electron chi connectivity index (χ0n) is 7.65. The van der Waals surface area contributed by atoms with Crippen molar-refractivity contribution in [3.63, 3.8) is 0 Å². The molecule has 0 amide bonds. The van der Waals surface area contributed by atoms with Gasteiger partial charge < -0.3 is 4.74 Å². The molecule has 0 saturated heterocycles. The van der Waals surface area contributed by atoms with Crippen LogP contribution in [-0.4, -0.2) is 12.6 Å². The minimum Gasteiger partial charge on any atom is -0.465 e. The highest BCUT2D eigenvalue weighted by Crippen LogP contribution is 2.41. The van der Waals surface area contributed by atoms with E-state index in [4.69, 9.17) is 4.74 Å². The molecule has 14 heavy (non-hydrogen) atoms. The summed E-state index contributed by atoms with van der Waals surface area (Å²) in [6.07, 6.45) is 2.02. The van der Waals surface area contributed by atoms with E-state index in [0.29, 0.717) is 12.4 Å². The minimum atomic E-state index is 0.129. The zero-order valence-corrected chi connectivity index (χ0v) is 9.24. The largest absolute Gasteiger partial charge is 0.465 e. The maximum Gasteiger partial charge on any atom is 0.293 e. The summed E-state index contributed by atoms with van der Waals surface area (Å²) in [5.41, 5.74) is 1.32. The first kappa shape index (κ1) is 9.71. The summed E-state index contributed by atoms with van der Waals surface area (Å²) in [6, 6.07) is 8.20. The van der Waals surface area contributed by atoms with E-state index in [0.717, 1.165) is 17.3 Å². The van der Waals surface area contributed by atoms with E-state index in [2.05, 4.69) is 22.0 Å². The number of rotatable bonds is 3. The van der Waals surface area contributed by atoms with Crippen LogP contribution < -0.4 is 0 Å². The van der Waals surface area contributed by atoms with Crippen LogP contribution in [0.2, 0.25) is 0 Å². The molecule has 0 unspecified atom stereocenters. The number of ether oxygens (including phenoxy) is 1. The highest BCUT2D eigenvalue weighted by atomic mass is 79.9. The molecule has 2 nitrogen and oxygen atoms in total. The van der Waals surface area contributed by atoms with Crippen LogP contribution in [0.25, 0.3) is 0 Å². The quantitative estimate of drug-likeness (QED) is 0.776. The lowest BCUT2D eigenvalue weighted by Gasteiger charge is -2.34. The van der Waals surface area contributed by atoms with Crippen molar-refractivity contribution >= 4 is 22.4 Å². The molecule has 3 heteroatoms. The Balaban J connectivity index is 1.99. The van der Waals surface area contributed by atoms with Crippen molar-refractivity contribution in [2.75, 3.05) is 0 Å². The molecule has 0 N–H and O–H groups in total. The molecular weight excluding hydrogens is 244 g/mol. The number of carbonyl (C=O) groups is 1. The predicted octanol–water partition coefficient (Wildman–Crippen LogP) is 2.87. The van der Waals surface area contributed by atoms with Crippen LogP contribution in [0.3, 0.4) is 0 Å². The first-order valence-corrected chi connectivity index (χ1v) is 5.44. The van der Waals surface area contributed by atoms with Crippen molar-refractivity contribution in [3.8, 4) is 0 Å². The fourth-order valence-electron chi connectivity index (χ4n) is 1.82. The van der Waals surface area contributed by atoms with E-state index in [9.17, 15) is 4.79 Å². The lowest BCUT2D eigenvalue weighted by Crippen LogP contribution is -2.29. The Morgan fingerprint density at radius 2 is 2.07 bits per heavy atom. The number of hydrogen-bond donors (Lipinski definition) is 0. The van der Waals surface area contributed by atoms with Crippen LogP contribution in [0, 0.1) is 0 Å². The molecule has 1 aromatic rings. The van der Waals surface area contributed by atoms with Gasteiger partial charge in [0.2, 0.25) is 0 Å². The fraction of sp³-hybridized carbons (Fsp3) is 0.364. The molecule has 0 aromatic heterocycles. The molecule has 0 atom stereocenters. The summed E-state index contributed by atoms with van der Waals surface area (Å²) >= 11 is 3.52. The van der Waals surface area contributed by atoms with Gasteiger partial charge in [0.05, 0.1) is 0 Å². The minimum absolute atomic E-state index is 0.129. The van der Waals surface area contributed by atoms with E-state index < -0.39 is 0 Å². The molecule has 1 aliphatic rings. The molecule has 0 aliphatic heterocycles. The normalized spacial score (nSPS) is 25.2. The average molecular weight is 255 g/mol. The zero-order chi connectivity index (χ0) is 9.97. The molecular formula is C11H11BrO2. The first-order chi connectivity index (χ1) is 6.81. The van der Waals surface area contributed by atoms with E-state index in [-0.39, 0.29) is 6.10 Å². The number of halogens is 1. The first-order valence-electron chi connectivity index (χ1n) is 4.65. The third-order valence-electron chi connectivity index (χ3n) is 2.69. The Morgan fingerprint density at radius 3 is 2.71 bits per heavy atom. The molecule has 0 bridgehead atoms. The third-order valence-corrected chi connectivity index (χ3v) is 3.41. The van der Waals surface area contributed by atoms with Crippen molar-refractivity contribution in [1.82, 2.24) is 0 Å². The van der Waals surface area contributed by atoms with Gasteiger partial charge in [-0.3, -0.25) is 4.79 Å². The number of carbonyl (C=O) groups excluding carboxylic acids is 1. The molecule has 2 rings (SSSR count). The van der Waals surface area contributed by atoms with Crippen LogP contribution >= 0.6 is 15.9 Å². The lowest BCUT2D eigenvalue weighted by atomic mass is 9.77. The van der Waals surface area contributed by atoms with E-state index >= 15 is 0 Å². The van der Waals surface area contributed by atoms with E-state index in [1.807, 2.05) is 18.2 Å². The Morgan fingerprint density at radius 1 is 1.36 bits per heavy atom. The summed E-state index contributed by atoms with van der Waals surface area (Å²) in [6.45, 7) is 0.543. The van der Waals surface area contributed by atoms with Gasteiger partial charge in [0.15, 0.2) is 0 Å². The maximum absolute atomic E-state index is 10.1. The molecule has 0 heterocycles. The molecule has 1 aliphatic carbocycles. The third kappa shape index (κ3) is 1.82. The number of hydrogen-bond acceptors (Lipinski definition) is 2. The van der Waals surface area contributed by atoms with Crippen LogP contribution in [0.4, 0.5) is 0 Å². The van der Waals surface area contributed by atoms with Gasteiger partial charge in [-0.2, -0.15) is 0 Å². The van der Waals surface area contributed by atoms with Crippen molar-refractivity contribution < 1.29 is 9.53 Å². The number of benzene rings is 1. The average Bonchev–Trinajstić information content (AvgIpc) is 2.12. The summed E-state index contributed by atoms with van der Waals surface area (Å²) in [5, 5.41) is 0. The lowest BCUT2D eigenvalue weighted by molar-refractivity contribution is -0.138. The molecule has 0 spiro atoms. The second-order valence-electron chi connectivity index (χ2n) is 3.54. The molecule has 0 radical (unpaired) electrons. The Bertz CT molecular complexity index is 332. The summed E-state index contributed by atoms with van der Waals surface area (Å²) in [5.74, 6) is 0.538. The Kier molecular flexibility index (Phi) is 2.87. The monoisotopic (exact) mass is 254 g/mol. The molecule has 1 aromatic carbocycles. The summed E-state index contributed by atoms with van der Waals surface area (Å²) < 4.78 is 6.02. The van der Waals surface area contributed by atoms with Crippen molar-refractivity contribution in [2.45, 2.75) is 24.9 Å². The molecule has 74 valence electrons. The van der Waals surface area contributed by atoms with Crippen LogP contribution in [0.15, 0.2) is 28.7 Å². The van der Waals surface area contributed by atoms with Crippen molar-refractivity contribution in [2.24, 2.45) is 0 Å². The molecule has 1 saturated carbocycles. The highest BCUT2D eigenvalue weighted by Gasteiger charge is 2.32. The van der Waals surface area contributed by atoms with Crippen LogP contribution in [0.5, 0.6) is 0 Å². The Labute approximate surface area is 91.4 Å². The van der Waals surface area contributed by atoms with Crippen molar-refractivity contribution in [3.05, 3.63) is 34.3 Å². The fourth-order valence-corrected chi connectivity index (χ4v) is 2.42. The van der Waals surface area contributed by atoms with Gasteiger partial charge in [0.1, 0.15) is 6.10 Å². The predicted molar refractivity (Wildman–Crippen MR) is 57.1 cm³/mol. The highest BCUT2D eigenvalue weighted by molar-refractivity contribution is 9.10. The Hall–Kier alpha value is -0.830. The summed E-state index contributed by atoms with van der Waals surface area (Å²) in [4.78, 5) is 10.1. The second-order valence-corrected chi connectivity index (χ2v) is 4.40. The van der Waals surface area contributed by atoms with Gasteiger partial charge in [-0.25, -0.2) is 0 Å². The van der Waals surface area contributed by atoms with Crippen molar-refractivity contribution in [1.29, 1.82) is 0 Å². The SMILES string of the molecule is O=COC1CC(c2ccccc2Br)C1. The van der Waals surface area contributed by atoms with Gasteiger partial charge in [-0.05, 0) is 30.4 Å². The summed E-state index contributed by atoms with van der Waals surface area (Å²) in [7, 11) is 0. The molecule has 1 fully saturated rings. The van der Waals surface area contributed by atoms with Gasteiger partial charge in [-0.15, -0.1) is 0 Å². The van der Waals surface area contributed by atoms with E-state index in [1.165, 1.54) is 5.56 Å². The second kappa shape index (κ2) is 4.13. The van der Waals surface area contributed by atoms with E-state index in [1.54, 1.807) is 0 Å². The maximum atomic E-state index is 10.1. The smallest absolute Gasteiger partial charge is 0.293 e. The van der Waals surface area contributed by atoms with Crippen LogP contribution in [-0.2, 0) is 9.53 Å². The standard InChI is InChI=1S/C11H11BrO2/c12-11-4-2-1-3-10(11)8-5-9(6-8)14-7-13/h1-4,7-9H,5-6H2. The topological polar surface area (TPSA) is 26.3 Å². The van der Waals surface area contributed by atoms with Gasteiger partial charge in [-0.1, -0.05) is 34.1 Å². The van der Waals surface area contributed by atoms with Gasteiger partial charge >= 0.3 is 0 Å². The van der Waals surface area contributed by atoms with Gasteiger partial charge in [0.25, 0.3) is 6.47 Å².